The minimum atomic E-state index is -0.253. The van der Waals surface area contributed by atoms with E-state index in [-0.39, 0.29) is 23.5 Å². The van der Waals surface area contributed by atoms with Crippen molar-refractivity contribution in [3.63, 3.8) is 0 Å². The van der Waals surface area contributed by atoms with E-state index >= 15 is 0 Å². The molecule has 0 radical (unpaired) electrons. The normalized spacial score (nSPS) is 11.1. The predicted molar refractivity (Wildman–Crippen MR) is 125 cm³/mol. The molecule has 0 aliphatic heterocycles. The van der Waals surface area contributed by atoms with Gasteiger partial charge in [0.05, 0.1) is 20.8 Å². The maximum Gasteiger partial charge on any atom is 0.287 e. The lowest BCUT2D eigenvalue weighted by Gasteiger charge is -2.25. The molecule has 0 saturated carbocycles. The molecule has 0 aliphatic rings. The van der Waals surface area contributed by atoms with Crippen LogP contribution in [0, 0.1) is 5.82 Å². The van der Waals surface area contributed by atoms with Crippen molar-refractivity contribution in [2.75, 3.05) is 20.8 Å². The molecule has 1 N–H and O–H groups in total. The van der Waals surface area contributed by atoms with Gasteiger partial charge in [0.1, 0.15) is 11.6 Å². The molecule has 0 saturated heterocycles. The van der Waals surface area contributed by atoms with Crippen molar-refractivity contribution in [1.82, 2.24) is 10.2 Å². The van der Waals surface area contributed by atoms with Crippen LogP contribution in [-0.2, 0) is 19.5 Å². The average Bonchev–Trinajstić information content (AvgIpc) is 3.28. The van der Waals surface area contributed by atoms with Crippen LogP contribution in [0.15, 0.2) is 59.0 Å². The number of methoxy groups -OCH3 is 2. The Balaban J connectivity index is 1.54. The number of nitrogens with one attached hydrogen (secondary N) is 1. The molecule has 1 amide bonds. The standard InChI is InChI=1S/C26H31FN2O4/c1-18(2)29(16-20-5-8-21(27)9-6-20)17-22-10-12-24(33-22)26(30)28-14-13-19-7-11-23(31-3)25(15-19)32-4/h5-12,15,18H,13-14,16-17H2,1-4H3,(H,28,30). The summed E-state index contributed by atoms with van der Waals surface area (Å²) >= 11 is 0. The van der Waals surface area contributed by atoms with E-state index in [0.717, 1.165) is 11.1 Å². The van der Waals surface area contributed by atoms with Gasteiger partial charge < -0.3 is 19.2 Å². The zero-order valence-corrected chi connectivity index (χ0v) is 19.6. The van der Waals surface area contributed by atoms with Crippen molar-refractivity contribution >= 4 is 5.91 Å². The first-order valence-electron chi connectivity index (χ1n) is 11.0. The number of amides is 1. The van der Waals surface area contributed by atoms with Gasteiger partial charge in [0.15, 0.2) is 17.3 Å². The molecule has 0 atom stereocenters. The number of rotatable bonds is 11. The molecule has 0 fully saturated rings. The van der Waals surface area contributed by atoms with Crippen LogP contribution >= 0.6 is 0 Å². The third-order valence-electron chi connectivity index (χ3n) is 5.42. The lowest BCUT2D eigenvalue weighted by molar-refractivity contribution is 0.0921. The van der Waals surface area contributed by atoms with Crippen molar-refractivity contribution in [3.05, 3.63) is 83.1 Å². The van der Waals surface area contributed by atoms with Crippen LogP contribution < -0.4 is 14.8 Å². The quantitative estimate of drug-likeness (QED) is 0.450. The lowest BCUT2D eigenvalue weighted by atomic mass is 10.1. The van der Waals surface area contributed by atoms with Crippen molar-refractivity contribution in [2.24, 2.45) is 0 Å². The summed E-state index contributed by atoms with van der Waals surface area (Å²) in [6.45, 7) is 5.86. The van der Waals surface area contributed by atoms with E-state index in [9.17, 15) is 9.18 Å². The van der Waals surface area contributed by atoms with Gasteiger partial charge in [0, 0.05) is 19.1 Å². The average molecular weight is 455 g/mol. The number of carbonyl (C=O) groups excluding carboxylic acids is 1. The summed E-state index contributed by atoms with van der Waals surface area (Å²) in [6, 6.07) is 15.9. The Kier molecular flexibility index (Phi) is 8.49. The van der Waals surface area contributed by atoms with Crippen molar-refractivity contribution in [3.8, 4) is 11.5 Å². The second kappa shape index (κ2) is 11.5. The fraction of sp³-hybridized carbons (Fsp3) is 0.346. The maximum atomic E-state index is 13.2. The largest absolute Gasteiger partial charge is 0.493 e. The zero-order chi connectivity index (χ0) is 23.8. The molecule has 0 spiro atoms. The van der Waals surface area contributed by atoms with Crippen LogP contribution in [0.4, 0.5) is 4.39 Å². The van der Waals surface area contributed by atoms with Crippen LogP contribution in [0.3, 0.4) is 0 Å². The van der Waals surface area contributed by atoms with E-state index in [4.69, 9.17) is 13.9 Å². The molecule has 0 aliphatic carbocycles. The van der Waals surface area contributed by atoms with Gasteiger partial charge in [0.25, 0.3) is 5.91 Å². The van der Waals surface area contributed by atoms with E-state index < -0.39 is 0 Å². The SMILES string of the molecule is COc1ccc(CCNC(=O)c2ccc(CN(Cc3ccc(F)cc3)C(C)C)o2)cc1OC. The highest BCUT2D eigenvalue weighted by atomic mass is 19.1. The highest BCUT2D eigenvalue weighted by Gasteiger charge is 2.16. The summed E-state index contributed by atoms with van der Waals surface area (Å²) in [4.78, 5) is 14.7. The van der Waals surface area contributed by atoms with Crippen LogP contribution in [-0.4, -0.2) is 37.6 Å². The summed E-state index contributed by atoms with van der Waals surface area (Å²) in [5.41, 5.74) is 2.05. The van der Waals surface area contributed by atoms with E-state index in [1.165, 1.54) is 12.1 Å². The number of furan rings is 1. The second-order valence-electron chi connectivity index (χ2n) is 8.09. The monoisotopic (exact) mass is 454 g/mol. The van der Waals surface area contributed by atoms with E-state index in [0.29, 0.717) is 43.3 Å². The van der Waals surface area contributed by atoms with E-state index in [1.54, 1.807) is 32.4 Å². The number of benzene rings is 2. The summed E-state index contributed by atoms with van der Waals surface area (Å²) in [6.07, 6.45) is 0.651. The van der Waals surface area contributed by atoms with Gasteiger partial charge in [-0.15, -0.1) is 0 Å². The molecule has 6 nitrogen and oxygen atoms in total. The Morgan fingerprint density at radius 2 is 1.67 bits per heavy atom. The summed E-state index contributed by atoms with van der Waals surface area (Å²) < 4.78 is 29.6. The van der Waals surface area contributed by atoms with E-state index in [2.05, 4.69) is 24.1 Å². The molecule has 2 aromatic carbocycles. The van der Waals surface area contributed by atoms with Crippen molar-refractivity contribution < 1.29 is 23.1 Å². The summed E-state index contributed by atoms with van der Waals surface area (Å²) in [5.74, 6) is 1.81. The molecule has 1 heterocycles. The molecular formula is C26H31FN2O4. The van der Waals surface area contributed by atoms with Gasteiger partial charge in [-0.2, -0.15) is 0 Å². The molecule has 0 bridgehead atoms. The Labute approximate surface area is 194 Å². The Morgan fingerprint density at radius 3 is 2.33 bits per heavy atom. The van der Waals surface area contributed by atoms with Gasteiger partial charge in [-0.1, -0.05) is 18.2 Å². The number of hydrogen-bond donors (Lipinski definition) is 1. The van der Waals surface area contributed by atoms with Gasteiger partial charge in [-0.3, -0.25) is 9.69 Å². The fourth-order valence-corrected chi connectivity index (χ4v) is 3.47. The van der Waals surface area contributed by atoms with Crippen LogP contribution in [0.2, 0.25) is 0 Å². The van der Waals surface area contributed by atoms with Gasteiger partial charge >= 0.3 is 0 Å². The number of halogens is 1. The topological polar surface area (TPSA) is 63.9 Å². The smallest absolute Gasteiger partial charge is 0.287 e. The molecule has 0 unspecified atom stereocenters. The maximum absolute atomic E-state index is 13.2. The second-order valence-corrected chi connectivity index (χ2v) is 8.09. The summed E-state index contributed by atoms with van der Waals surface area (Å²) in [5, 5.41) is 2.89. The number of ether oxygens (including phenoxy) is 2. The first kappa shape index (κ1) is 24.3. The minimum Gasteiger partial charge on any atom is -0.493 e. The van der Waals surface area contributed by atoms with Gasteiger partial charge in [-0.05, 0) is 67.8 Å². The molecule has 1 aromatic heterocycles. The Morgan fingerprint density at radius 1 is 0.970 bits per heavy atom. The highest BCUT2D eigenvalue weighted by Crippen LogP contribution is 2.27. The first-order valence-corrected chi connectivity index (χ1v) is 11.0. The van der Waals surface area contributed by atoms with Crippen LogP contribution in [0.5, 0.6) is 11.5 Å². The Bertz CT molecular complexity index is 1050. The Hall–Kier alpha value is -3.32. The molecule has 3 aromatic rings. The van der Waals surface area contributed by atoms with Crippen molar-refractivity contribution in [2.45, 2.75) is 39.4 Å². The first-order chi connectivity index (χ1) is 15.9. The molecule has 3 rings (SSSR count). The minimum absolute atomic E-state index is 0.248. The summed E-state index contributed by atoms with van der Waals surface area (Å²) in [7, 11) is 3.19. The highest BCUT2D eigenvalue weighted by molar-refractivity contribution is 5.91. The number of nitrogens with zero attached hydrogens (tertiary/aromatic N) is 1. The number of carbonyl (C=O) groups is 1. The van der Waals surface area contributed by atoms with Gasteiger partial charge in [0.2, 0.25) is 0 Å². The van der Waals surface area contributed by atoms with Gasteiger partial charge in [-0.25, -0.2) is 4.39 Å². The molecule has 176 valence electrons. The molecule has 33 heavy (non-hydrogen) atoms. The van der Waals surface area contributed by atoms with Crippen molar-refractivity contribution in [1.29, 1.82) is 0 Å². The third kappa shape index (κ3) is 6.83. The van der Waals surface area contributed by atoms with E-state index in [1.807, 2.05) is 24.3 Å². The zero-order valence-electron chi connectivity index (χ0n) is 19.6. The fourth-order valence-electron chi connectivity index (χ4n) is 3.47. The molecular weight excluding hydrogens is 423 g/mol. The third-order valence-corrected chi connectivity index (χ3v) is 5.42. The lowest BCUT2D eigenvalue weighted by Crippen LogP contribution is -2.29. The number of hydrogen-bond acceptors (Lipinski definition) is 5. The van der Waals surface area contributed by atoms with Crippen LogP contribution in [0.25, 0.3) is 0 Å². The predicted octanol–water partition coefficient (Wildman–Crippen LogP) is 4.82. The van der Waals surface area contributed by atoms with Crippen LogP contribution in [0.1, 0.15) is 41.3 Å². The molecule has 7 heteroatoms.